The molecule has 0 saturated carbocycles. The van der Waals surface area contributed by atoms with Gasteiger partial charge in [-0.3, -0.25) is 9.69 Å². The topological polar surface area (TPSA) is 69.5 Å². The average molecular weight is 482 g/mol. The Balaban J connectivity index is 1.69. The van der Waals surface area contributed by atoms with Crippen molar-refractivity contribution in [3.05, 3.63) is 78.1 Å². The zero-order valence-electron chi connectivity index (χ0n) is 17.6. The van der Waals surface area contributed by atoms with E-state index in [0.29, 0.717) is 30.2 Å². The normalized spacial score (nSPS) is 14.5. The molecular formula is C24H17F3N4O2S. The monoisotopic (exact) mass is 482 g/mol. The zero-order valence-corrected chi connectivity index (χ0v) is 18.4. The van der Waals surface area contributed by atoms with Gasteiger partial charge in [0.15, 0.2) is 10.8 Å². The van der Waals surface area contributed by atoms with Crippen LogP contribution in [0.3, 0.4) is 0 Å². The lowest BCUT2D eigenvalue weighted by molar-refractivity contribution is -0.138. The largest absolute Gasteiger partial charge is 0.457 e. The van der Waals surface area contributed by atoms with Crippen LogP contribution in [0.15, 0.2) is 66.9 Å². The van der Waals surface area contributed by atoms with E-state index in [0.717, 1.165) is 17.2 Å². The number of nitrogens with zero attached hydrogens (tertiary/aromatic N) is 4. The quantitative estimate of drug-likeness (QED) is 0.446. The number of anilines is 2. The maximum absolute atomic E-state index is 13.5. The van der Waals surface area contributed by atoms with Crippen LogP contribution >= 0.6 is 12.2 Å². The molecule has 0 bridgehead atoms. The van der Waals surface area contributed by atoms with Gasteiger partial charge in [-0.05, 0) is 49.0 Å². The average Bonchev–Trinajstić information content (AvgIpc) is 2.96. The molecule has 2 heterocycles. The van der Waals surface area contributed by atoms with E-state index in [1.165, 1.54) is 6.07 Å². The van der Waals surface area contributed by atoms with Crippen LogP contribution in [-0.4, -0.2) is 22.5 Å². The number of benzene rings is 2. The van der Waals surface area contributed by atoms with E-state index in [9.17, 15) is 18.0 Å². The lowest BCUT2D eigenvalue weighted by Crippen LogP contribution is -2.44. The van der Waals surface area contributed by atoms with Gasteiger partial charge in [0.25, 0.3) is 0 Å². The fraction of sp³-hybridized carbons (Fsp3) is 0.167. The summed E-state index contributed by atoms with van der Waals surface area (Å²) in [5.74, 6) is 0.718. The van der Waals surface area contributed by atoms with Gasteiger partial charge in [-0.15, -0.1) is 0 Å². The lowest BCUT2D eigenvalue weighted by atomic mass is 10.1. The van der Waals surface area contributed by atoms with Gasteiger partial charge in [-0.2, -0.15) is 18.4 Å². The van der Waals surface area contributed by atoms with E-state index in [1.807, 2.05) is 18.2 Å². The Kier molecular flexibility index (Phi) is 6.47. The summed E-state index contributed by atoms with van der Waals surface area (Å²) in [7, 11) is 0. The second kappa shape index (κ2) is 9.49. The maximum Gasteiger partial charge on any atom is 0.419 e. The van der Waals surface area contributed by atoms with E-state index in [-0.39, 0.29) is 17.2 Å². The van der Waals surface area contributed by atoms with Gasteiger partial charge in [0.05, 0.1) is 17.4 Å². The molecule has 0 N–H and O–H groups in total. The van der Waals surface area contributed by atoms with Crippen molar-refractivity contribution in [3.63, 3.8) is 0 Å². The Labute approximate surface area is 198 Å². The number of amides is 1. The third kappa shape index (κ3) is 4.84. The molecule has 0 aliphatic carbocycles. The van der Waals surface area contributed by atoms with Gasteiger partial charge in [-0.1, -0.05) is 24.3 Å². The molecule has 4 rings (SSSR count). The van der Waals surface area contributed by atoms with Crippen LogP contribution in [0.1, 0.15) is 24.1 Å². The third-order valence-corrected chi connectivity index (χ3v) is 5.50. The van der Waals surface area contributed by atoms with Crippen LogP contribution in [0.25, 0.3) is 0 Å². The molecule has 1 amide bonds. The standard InChI is InChI=1S/C24H17F3N4O2S/c25-24(26,27)20-13-17(15-29-21(20)14-28)31-22(32)10-5-11-30(23(31)34)16-6-4-9-19(12-16)33-18-7-2-1-3-8-18/h1-4,6-9,12-13,15H,5,10-11H2. The summed E-state index contributed by atoms with van der Waals surface area (Å²) in [6.45, 7) is 0.381. The highest BCUT2D eigenvalue weighted by atomic mass is 32.1. The molecule has 1 aliphatic heterocycles. The molecule has 3 aromatic rings. The van der Waals surface area contributed by atoms with Gasteiger partial charge in [0, 0.05) is 24.7 Å². The fourth-order valence-electron chi connectivity index (χ4n) is 3.54. The van der Waals surface area contributed by atoms with Crippen molar-refractivity contribution in [1.82, 2.24) is 4.98 Å². The number of alkyl halides is 3. The molecule has 1 saturated heterocycles. The number of rotatable bonds is 4. The number of hydrogen-bond donors (Lipinski definition) is 0. The first-order chi connectivity index (χ1) is 16.3. The minimum atomic E-state index is -4.81. The van der Waals surface area contributed by atoms with Gasteiger partial charge >= 0.3 is 6.18 Å². The fourth-order valence-corrected chi connectivity index (χ4v) is 3.94. The molecule has 0 unspecified atom stereocenters. The van der Waals surface area contributed by atoms with E-state index < -0.39 is 23.3 Å². The molecule has 0 spiro atoms. The van der Waals surface area contributed by atoms with Gasteiger partial charge < -0.3 is 9.64 Å². The Hall–Kier alpha value is -3.97. The summed E-state index contributed by atoms with van der Waals surface area (Å²) >= 11 is 5.56. The van der Waals surface area contributed by atoms with Crippen molar-refractivity contribution in [2.75, 3.05) is 16.3 Å². The summed E-state index contributed by atoms with van der Waals surface area (Å²) in [4.78, 5) is 19.2. The molecule has 1 aromatic heterocycles. The Bertz CT molecular complexity index is 1280. The SMILES string of the molecule is N#Cc1ncc(N2C(=O)CCCN(c3cccc(Oc4ccccc4)c3)C2=S)cc1C(F)(F)F. The summed E-state index contributed by atoms with van der Waals surface area (Å²) in [6, 6.07) is 18.4. The van der Waals surface area contributed by atoms with Crippen molar-refractivity contribution in [3.8, 4) is 17.6 Å². The van der Waals surface area contributed by atoms with Crippen LogP contribution in [0.4, 0.5) is 24.5 Å². The number of carbonyl (C=O) groups is 1. The first kappa shape index (κ1) is 23.2. The molecule has 2 aromatic carbocycles. The molecule has 6 nitrogen and oxygen atoms in total. The van der Waals surface area contributed by atoms with Gasteiger partial charge in [-0.25, -0.2) is 4.98 Å². The van der Waals surface area contributed by atoms with E-state index in [1.54, 1.807) is 41.3 Å². The summed E-state index contributed by atoms with van der Waals surface area (Å²) in [5, 5.41) is 9.03. The van der Waals surface area contributed by atoms with Crippen molar-refractivity contribution < 1.29 is 22.7 Å². The maximum atomic E-state index is 13.5. The predicted molar refractivity (Wildman–Crippen MR) is 124 cm³/mol. The highest BCUT2D eigenvalue weighted by molar-refractivity contribution is 7.81. The third-order valence-electron chi connectivity index (χ3n) is 5.09. The second-order valence-corrected chi connectivity index (χ2v) is 7.74. The summed E-state index contributed by atoms with van der Waals surface area (Å²) in [6.07, 6.45) is -3.24. The minimum absolute atomic E-state index is 0.0130. The van der Waals surface area contributed by atoms with Crippen molar-refractivity contribution in [2.45, 2.75) is 19.0 Å². The number of carbonyl (C=O) groups excluding carboxylic acids is 1. The number of nitriles is 1. The molecule has 0 atom stereocenters. The molecule has 1 fully saturated rings. The molecule has 34 heavy (non-hydrogen) atoms. The Morgan fingerprint density at radius 2 is 1.76 bits per heavy atom. The Morgan fingerprint density at radius 1 is 1.03 bits per heavy atom. The van der Waals surface area contributed by atoms with Crippen LogP contribution in [0.2, 0.25) is 0 Å². The molecule has 0 radical (unpaired) electrons. The van der Waals surface area contributed by atoms with Crippen molar-refractivity contribution in [1.29, 1.82) is 5.26 Å². The number of hydrogen-bond acceptors (Lipinski definition) is 5. The lowest BCUT2D eigenvalue weighted by Gasteiger charge is -2.30. The molecule has 10 heteroatoms. The summed E-state index contributed by atoms with van der Waals surface area (Å²) in [5.41, 5.74) is -1.52. The van der Waals surface area contributed by atoms with Crippen LogP contribution in [-0.2, 0) is 11.0 Å². The minimum Gasteiger partial charge on any atom is -0.457 e. The van der Waals surface area contributed by atoms with Crippen LogP contribution < -0.4 is 14.5 Å². The number of ether oxygens (including phenoxy) is 1. The first-order valence-electron chi connectivity index (χ1n) is 10.2. The van der Waals surface area contributed by atoms with E-state index >= 15 is 0 Å². The van der Waals surface area contributed by atoms with Crippen molar-refractivity contribution in [2.24, 2.45) is 0 Å². The molecular weight excluding hydrogens is 465 g/mol. The number of pyridine rings is 1. The highest BCUT2D eigenvalue weighted by Crippen LogP contribution is 2.35. The summed E-state index contributed by atoms with van der Waals surface area (Å²) < 4.78 is 46.3. The highest BCUT2D eigenvalue weighted by Gasteiger charge is 2.37. The number of aromatic nitrogens is 1. The number of halogens is 3. The van der Waals surface area contributed by atoms with E-state index in [2.05, 4.69) is 4.98 Å². The van der Waals surface area contributed by atoms with Crippen LogP contribution in [0, 0.1) is 11.3 Å². The number of para-hydroxylation sites is 1. The van der Waals surface area contributed by atoms with Crippen molar-refractivity contribution >= 4 is 34.6 Å². The van der Waals surface area contributed by atoms with Crippen LogP contribution in [0.5, 0.6) is 11.5 Å². The Morgan fingerprint density at radius 3 is 2.47 bits per heavy atom. The first-order valence-corrected chi connectivity index (χ1v) is 10.6. The predicted octanol–water partition coefficient (Wildman–Crippen LogP) is 5.68. The van der Waals surface area contributed by atoms with Gasteiger partial charge in [0.1, 0.15) is 17.6 Å². The second-order valence-electron chi connectivity index (χ2n) is 7.38. The molecule has 1 aliphatic rings. The zero-order chi connectivity index (χ0) is 24.3. The smallest absolute Gasteiger partial charge is 0.419 e. The van der Waals surface area contributed by atoms with E-state index in [4.69, 9.17) is 22.2 Å². The number of thiocarbonyl (C=S) groups is 1. The molecule has 172 valence electrons. The van der Waals surface area contributed by atoms with Gasteiger partial charge in [0.2, 0.25) is 5.91 Å².